The molecule has 3 N–H and O–H groups in total. The van der Waals surface area contributed by atoms with Crippen LogP contribution in [0.5, 0.6) is 0 Å². The normalized spacial score (nSPS) is 15.7. The van der Waals surface area contributed by atoms with Crippen molar-refractivity contribution in [2.24, 2.45) is 5.92 Å². The molecule has 1 saturated carbocycles. The summed E-state index contributed by atoms with van der Waals surface area (Å²) in [5, 5.41) is 12.9. The quantitative estimate of drug-likeness (QED) is 0.766. The van der Waals surface area contributed by atoms with Crippen LogP contribution in [-0.2, 0) is 16.0 Å². The molecular formula is C17H20N2O3. The number of carbonyl (C=O) groups excluding carboxylic acids is 1. The summed E-state index contributed by atoms with van der Waals surface area (Å²) in [7, 11) is 0. The van der Waals surface area contributed by atoms with Crippen molar-refractivity contribution < 1.29 is 14.7 Å². The van der Waals surface area contributed by atoms with Crippen molar-refractivity contribution in [2.45, 2.75) is 38.6 Å². The molecule has 1 amide bonds. The minimum atomic E-state index is -0.932. The van der Waals surface area contributed by atoms with Crippen LogP contribution in [0.2, 0.25) is 0 Å². The third-order valence-electron chi connectivity index (χ3n) is 4.22. The lowest BCUT2D eigenvalue weighted by molar-refractivity contribution is -0.142. The predicted molar refractivity (Wildman–Crippen MR) is 83.6 cm³/mol. The molecular weight excluding hydrogens is 280 g/mol. The van der Waals surface area contributed by atoms with Crippen LogP contribution in [0, 0.1) is 12.8 Å². The number of aromatic amines is 1. The highest BCUT2D eigenvalue weighted by atomic mass is 16.4. The lowest BCUT2D eigenvalue weighted by Gasteiger charge is -2.13. The van der Waals surface area contributed by atoms with Gasteiger partial charge in [-0.2, -0.15) is 0 Å². The van der Waals surface area contributed by atoms with E-state index in [1.165, 1.54) is 5.56 Å². The Labute approximate surface area is 128 Å². The Morgan fingerprint density at radius 2 is 2.18 bits per heavy atom. The Morgan fingerprint density at radius 3 is 2.86 bits per heavy atom. The Bertz CT molecular complexity index is 716. The van der Waals surface area contributed by atoms with E-state index >= 15 is 0 Å². The molecule has 0 spiro atoms. The van der Waals surface area contributed by atoms with Gasteiger partial charge in [0.1, 0.15) is 6.04 Å². The summed E-state index contributed by atoms with van der Waals surface area (Å²) in [4.78, 5) is 26.3. The van der Waals surface area contributed by atoms with Gasteiger partial charge in [0.2, 0.25) is 5.91 Å². The molecule has 1 aliphatic carbocycles. The molecule has 3 rings (SSSR count). The molecule has 22 heavy (non-hydrogen) atoms. The molecule has 1 heterocycles. The third kappa shape index (κ3) is 3.13. The van der Waals surface area contributed by atoms with E-state index in [1.807, 2.05) is 25.3 Å². The van der Waals surface area contributed by atoms with E-state index in [2.05, 4.69) is 16.4 Å². The molecule has 5 heteroatoms. The third-order valence-corrected chi connectivity index (χ3v) is 4.22. The maximum absolute atomic E-state index is 12.0. The van der Waals surface area contributed by atoms with Crippen LogP contribution in [0.15, 0.2) is 24.4 Å². The van der Waals surface area contributed by atoms with E-state index < -0.39 is 12.0 Å². The fourth-order valence-corrected chi connectivity index (χ4v) is 2.80. The second-order valence-corrected chi connectivity index (χ2v) is 6.08. The molecule has 116 valence electrons. The highest BCUT2D eigenvalue weighted by molar-refractivity contribution is 5.86. The SMILES string of the molecule is Cc1ccc2[nH]cc(CCC(=O)NC(C(=O)O)C3CC3)c2c1. The van der Waals surface area contributed by atoms with Crippen LogP contribution in [0.1, 0.15) is 30.4 Å². The Morgan fingerprint density at radius 1 is 1.41 bits per heavy atom. The van der Waals surface area contributed by atoms with Gasteiger partial charge in [-0.1, -0.05) is 11.6 Å². The molecule has 1 atom stereocenters. The number of nitrogens with one attached hydrogen (secondary N) is 2. The average Bonchev–Trinajstić information content (AvgIpc) is 3.23. The number of carboxylic acid groups (broad SMARTS) is 1. The first-order chi connectivity index (χ1) is 10.5. The summed E-state index contributed by atoms with van der Waals surface area (Å²) in [5.41, 5.74) is 3.33. The first-order valence-electron chi connectivity index (χ1n) is 7.63. The number of aliphatic carboxylic acids is 1. The first kappa shape index (κ1) is 14.6. The van der Waals surface area contributed by atoms with E-state index in [-0.39, 0.29) is 11.8 Å². The van der Waals surface area contributed by atoms with Crippen LogP contribution < -0.4 is 5.32 Å². The van der Waals surface area contributed by atoms with E-state index in [4.69, 9.17) is 5.11 Å². The summed E-state index contributed by atoms with van der Waals surface area (Å²) in [6.07, 6.45) is 4.61. The maximum Gasteiger partial charge on any atom is 0.326 e. The fourth-order valence-electron chi connectivity index (χ4n) is 2.80. The lowest BCUT2D eigenvalue weighted by atomic mass is 10.1. The highest BCUT2D eigenvalue weighted by Gasteiger charge is 2.37. The summed E-state index contributed by atoms with van der Waals surface area (Å²) in [6, 6.07) is 5.45. The summed E-state index contributed by atoms with van der Waals surface area (Å²) >= 11 is 0. The number of carbonyl (C=O) groups is 2. The molecule has 0 aliphatic heterocycles. The number of rotatable bonds is 6. The van der Waals surface area contributed by atoms with Gasteiger partial charge in [-0.05, 0) is 49.8 Å². The predicted octanol–water partition coefficient (Wildman–Crippen LogP) is 2.39. The monoisotopic (exact) mass is 300 g/mol. The molecule has 0 radical (unpaired) electrons. The molecule has 1 aromatic carbocycles. The molecule has 5 nitrogen and oxygen atoms in total. The Hall–Kier alpha value is -2.30. The molecule has 0 bridgehead atoms. The van der Waals surface area contributed by atoms with Crippen LogP contribution in [-0.4, -0.2) is 28.0 Å². The van der Waals surface area contributed by atoms with Crippen molar-refractivity contribution in [1.29, 1.82) is 0 Å². The number of hydrogen-bond donors (Lipinski definition) is 3. The smallest absolute Gasteiger partial charge is 0.326 e. The molecule has 1 fully saturated rings. The van der Waals surface area contributed by atoms with Gasteiger partial charge < -0.3 is 15.4 Å². The van der Waals surface area contributed by atoms with Gasteiger partial charge in [-0.25, -0.2) is 4.79 Å². The van der Waals surface area contributed by atoms with Gasteiger partial charge >= 0.3 is 5.97 Å². The highest BCUT2D eigenvalue weighted by Crippen LogP contribution is 2.32. The number of aromatic nitrogens is 1. The van der Waals surface area contributed by atoms with E-state index in [1.54, 1.807) is 0 Å². The van der Waals surface area contributed by atoms with Gasteiger partial charge in [-0.3, -0.25) is 4.79 Å². The van der Waals surface area contributed by atoms with Gasteiger partial charge in [0.05, 0.1) is 0 Å². The molecule has 1 aliphatic rings. The second kappa shape index (κ2) is 5.83. The van der Waals surface area contributed by atoms with E-state index in [0.29, 0.717) is 12.8 Å². The van der Waals surface area contributed by atoms with Crippen LogP contribution in [0.25, 0.3) is 10.9 Å². The molecule has 1 aromatic heterocycles. The first-order valence-corrected chi connectivity index (χ1v) is 7.63. The van der Waals surface area contributed by atoms with Crippen molar-refractivity contribution >= 4 is 22.8 Å². The van der Waals surface area contributed by atoms with Gasteiger partial charge in [-0.15, -0.1) is 0 Å². The van der Waals surface area contributed by atoms with Gasteiger partial charge in [0.25, 0.3) is 0 Å². The minimum Gasteiger partial charge on any atom is -0.480 e. The zero-order valence-corrected chi connectivity index (χ0v) is 12.6. The van der Waals surface area contributed by atoms with Crippen molar-refractivity contribution in [3.8, 4) is 0 Å². The van der Waals surface area contributed by atoms with E-state index in [9.17, 15) is 9.59 Å². The van der Waals surface area contributed by atoms with Gasteiger partial charge in [0.15, 0.2) is 0 Å². The number of carboxylic acids is 1. The minimum absolute atomic E-state index is 0.109. The van der Waals surface area contributed by atoms with Crippen LogP contribution in [0.4, 0.5) is 0 Å². The topological polar surface area (TPSA) is 82.2 Å². The summed E-state index contributed by atoms with van der Waals surface area (Å²) in [6.45, 7) is 2.04. The van der Waals surface area contributed by atoms with Crippen LogP contribution in [0.3, 0.4) is 0 Å². The summed E-state index contributed by atoms with van der Waals surface area (Å²) in [5.74, 6) is -1.02. The molecule has 2 aromatic rings. The van der Waals surface area contributed by atoms with E-state index in [0.717, 1.165) is 29.3 Å². The molecule has 1 unspecified atom stereocenters. The van der Waals surface area contributed by atoms with Crippen molar-refractivity contribution in [2.75, 3.05) is 0 Å². The second-order valence-electron chi connectivity index (χ2n) is 6.08. The number of amides is 1. The molecule has 0 saturated heterocycles. The van der Waals surface area contributed by atoms with Crippen molar-refractivity contribution in [3.63, 3.8) is 0 Å². The van der Waals surface area contributed by atoms with Crippen LogP contribution >= 0.6 is 0 Å². The zero-order valence-electron chi connectivity index (χ0n) is 12.6. The van der Waals surface area contributed by atoms with Crippen molar-refractivity contribution in [1.82, 2.24) is 10.3 Å². The number of fused-ring (bicyclic) bond motifs is 1. The number of benzene rings is 1. The number of aryl methyl sites for hydroxylation is 2. The maximum atomic E-state index is 12.0. The van der Waals surface area contributed by atoms with Crippen molar-refractivity contribution in [3.05, 3.63) is 35.5 Å². The largest absolute Gasteiger partial charge is 0.480 e. The standard InChI is InChI=1S/C17H20N2O3/c1-10-2-6-14-13(8-10)12(9-18-14)5-7-15(20)19-16(17(21)22)11-3-4-11/h2,6,8-9,11,16,18H,3-5,7H2,1H3,(H,19,20)(H,21,22). The summed E-state index contributed by atoms with van der Waals surface area (Å²) < 4.78 is 0. The average molecular weight is 300 g/mol. The zero-order chi connectivity index (χ0) is 15.7. The number of hydrogen-bond acceptors (Lipinski definition) is 2. The number of H-pyrrole nitrogens is 1. The lowest BCUT2D eigenvalue weighted by Crippen LogP contribution is -2.42. The Kier molecular flexibility index (Phi) is 3.88. The Balaban J connectivity index is 1.62. The fraction of sp³-hybridized carbons (Fsp3) is 0.412. The van der Waals surface area contributed by atoms with Gasteiger partial charge in [0, 0.05) is 23.5 Å².